The van der Waals surface area contributed by atoms with Crippen LogP contribution in [0, 0.1) is 6.92 Å². The molecule has 0 fully saturated rings. The van der Waals surface area contributed by atoms with Crippen LogP contribution in [-0.4, -0.2) is 38.8 Å². The average molecular weight is 243 g/mol. The highest BCUT2D eigenvalue weighted by molar-refractivity contribution is 7.99. The van der Waals surface area contributed by atoms with E-state index in [1.165, 1.54) is 18.7 Å². The molecule has 1 atom stereocenters. The second kappa shape index (κ2) is 5.50. The molecule has 1 aromatic heterocycles. The summed E-state index contributed by atoms with van der Waals surface area (Å²) in [5.74, 6) is -0.00574. The number of hydrogen-bond donors (Lipinski definition) is 3. The van der Waals surface area contributed by atoms with Crippen molar-refractivity contribution >= 4 is 23.6 Å². The van der Waals surface area contributed by atoms with Crippen LogP contribution in [0.25, 0.3) is 0 Å². The fourth-order valence-corrected chi connectivity index (χ4v) is 1.53. The van der Waals surface area contributed by atoms with Gasteiger partial charge in [0.1, 0.15) is 11.9 Å². The Hall–Kier alpha value is -1.57. The van der Waals surface area contributed by atoms with Gasteiger partial charge in [0.05, 0.1) is 5.75 Å². The van der Waals surface area contributed by atoms with E-state index < -0.39 is 11.9 Å². The molecule has 1 heterocycles. The van der Waals surface area contributed by atoms with Crippen molar-refractivity contribution in [1.82, 2.24) is 20.5 Å². The molecular weight excluding hydrogens is 230 g/mol. The number of aromatic nitrogens is 3. The second-order valence-electron chi connectivity index (χ2n) is 3.18. The van der Waals surface area contributed by atoms with E-state index >= 15 is 0 Å². The second-order valence-corrected chi connectivity index (χ2v) is 4.13. The molecule has 4 N–H and O–H groups in total. The summed E-state index contributed by atoms with van der Waals surface area (Å²) in [6.07, 6.45) is 0. The van der Waals surface area contributed by atoms with Gasteiger partial charge in [-0.1, -0.05) is 11.8 Å². The Kier molecular flexibility index (Phi) is 4.29. The first kappa shape index (κ1) is 12.5. The molecule has 0 aromatic carbocycles. The van der Waals surface area contributed by atoms with E-state index in [-0.39, 0.29) is 11.7 Å². The number of nitrogens with zero attached hydrogens (tertiary/aromatic N) is 2. The average Bonchev–Trinajstić information content (AvgIpc) is 2.61. The summed E-state index contributed by atoms with van der Waals surface area (Å²) < 4.78 is 0. The third-order valence-corrected chi connectivity index (χ3v) is 2.56. The van der Waals surface area contributed by atoms with Gasteiger partial charge in [0, 0.05) is 0 Å². The third-order valence-electron chi connectivity index (χ3n) is 1.71. The third kappa shape index (κ3) is 3.89. The fraction of sp³-hybridized carbons (Fsp3) is 0.500. The van der Waals surface area contributed by atoms with Gasteiger partial charge in [0.15, 0.2) is 0 Å². The molecule has 0 aliphatic heterocycles. The summed E-state index contributed by atoms with van der Waals surface area (Å²) in [6.45, 7) is 3.30. The summed E-state index contributed by atoms with van der Waals surface area (Å²) in [5.41, 5.74) is 5.00. The number of carbonyl (C=O) groups is 2. The Labute approximate surface area is 96.6 Å². The highest BCUT2D eigenvalue weighted by Crippen LogP contribution is 2.10. The van der Waals surface area contributed by atoms with Crippen molar-refractivity contribution < 1.29 is 9.59 Å². The van der Waals surface area contributed by atoms with Gasteiger partial charge in [-0.05, 0) is 13.8 Å². The summed E-state index contributed by atoms with van der Waals surface area (Å²) in [5, 5.41) is 9.48. The van der Waals surface area contributed by atoms with Crippen molar-refractivity contribution in [2.24, 2.45) is 5.73 Å². The number of thioether (sulfide) groups is 1. The van der Waals surface area contributed by atoms with Crippen molar-refractivity contribution in [2.75, 3.05) is 5.75 Å². The molecular formula is C8H13N5O2S. The van der Waals surface area contributed by atoms with E-state index in [4.69, 9.17) is 5.73 Å². The van der Waals surface area contributed by atoms with E-state index in [1.807, 2.05) is 0 Å². The van der Waals surface area contributed by atoms with Crippen LogP contribution < -0.4 is 11.1 Å². The lowest BCUT2D eigenvalue weighted by atomic mass is 10.3. The van der Waals surface area contributed by atoms with Crippen molar-refractivity contribution in [3.05, 3.63) is 5.82 Å². The molecule has 8 heteroatoms. The van der Waals surface area contributed by atoms with E-state index in [0.29, 0.717) is 11.0 Å². The van der Waals surface area contributed by atoms with Crippen molar-refractivity contribution in [2.45, 2.75) is 25.0 Å². The molecule has 0 aliphatic carbocycles. The standard InChI is InChI=1S/C8H13N5O2S/c1-4(7(9)15)10-6(14)3-16-8-11-5(2)12-13-8/h4H,3H2,1-2H3,(H2,9,15)(H,10,14)(H,11,12,13)/t4-/m0/s1. The predicted octanol–water partition coefficient (Wildman–Crippen LogP) is -0.805. The van der Waals surface area contributed by atoms with Gasteiger partial charge in [0.25, 0.3) is 0 Å². The normalized spacial score (nSPS) is 12.1. The van der Waals surface area contributed by atoms with Gasteiger partial charge >= 0.3 is 0 Å². The van der Waals surface area contributed by atoms with E-state index in [0.717, 1.165) is 0 Å². The number of H-pyrrole nitrogens is 1. The SMILES string of the molecule is Cc1nc(SCC(=O)N[C@@H](C)C(N)=O)n[nH]1. The summed E-state index contributed by atoms with van der Waals surface area (Å²) >= 11 is 1.19. The monoisotopic (exact) mass is 243 g/mol. The Morgan fingerprint density at radius 2 is 2.31 bits per heavy atom. The minimum absolute atomic E-state index is 0.148. The maximum Gasteiger partial charge on any atom is 0.239 e. The quantitative estimate of drug-likeness (QED) is 0.585. The number of amides is 2. The van der Waals surface area contributed by atoms with Crippen LogP contribution in [0.15, 0.2) is 5.16 Å². The number of hydrogen-bond acceptors (Lipinski definition) is 5. The molecule has 0 aliphatic rings. The first-order valence-corrected chi connectivity index (χ1v) is 5.58. The topological polar surface area (TPSA) is 114 Å². The minimum atomic E-state index is -0.665. The maximum absolute atomic E-state index is 11.3. The van der Waals surface area contributed by atoms with Gasteiger partial charge in [-0.25, -0.2) is 4.98 Å². The largest absolute Gasteiger partial charge is 0.368 e. The van der Waals surface area contributed by atoms with Crippen molar-refractivity contribution in [3.63, 3.8) is 0 Å². The molecule has 1 rings (SSSR count). The Bertz CT molecular complexity index is 392. The molecule has 0 spiro atoms. The highest BCUT2D eigenvalue weighted by Gasteiger charge is 2.12. The molecule has 0 radical (unpaired) electrons. The molecule has 88 valence electrons. The molecule has 2 amide bonds. The van der Waals surface area contributed by atoms with Crippen LogP contribution in [0.4, 0.5) is 0 Å². The molecule has 7 nitrogen and oxygen atoms in total. The first-order valence-electron chi connectivity index (χ1n) is 4.59. The number of carbonyl (C=O) groups excluding carboxylic acids is 2. The van der Waals surface area contributed by atoms with Gasteiger partial charge in [-0.2, -0.15) is 0 Å². The number of aryl methyl sites for hydroxylation is 1. The molecule has 0 saturated heterocycles. The number of aromatic amines is 1. The Balaban J connectivity index is 2.33. The van der Waals surface area contributed by atoms with Crippen molar-refractivity contribution in [1.29, 1.82) is 0 Å². The van der Waals surface area contributed by atoms with E-state index in [2.05, 4.69) is 20.5 Å². The van der Waals surface area contributed by atoms with Crippen LogP contribution >= 0.6 is 11.8 Å². The van der Waals surface area contributed by atoms with Crippen LogP contribution in [-0.2, 0) is 9.59 Å². The minimum Gasteiger partial charge on any atom is -0.368 e. The zero-order chi connectivity index (χ0) is 12.1. The lowest BCUT2D eigenvalue weighted by Crippen LogP contribution is -2.42. The maximum atomic E-state index is 11.3. The lowest BCUT2D eigenvalue weighted by molar-refractivity contribution is -0.125. The highest BCUT2D eigenvalue weighted by atomic mass is 32.2. The number of nitrogens with two attached hydrogens (primary N) is 1. The van der Waals surface area contributed by atoms with Crippen LogP contribution in [0.3, 0.4) is 0 Å². The van der Waals surface area contributed by atoms with Crippen LogP contribution in [0.2, 0.25) is 0 Å². The zero-order valence-electron chi connectivity index (χ0n) is 8.98. The number of nitrogens with one attached hydrogen (secondary N) is 2. The van der Waals surface area contributed by atoms with Crippen molar-refractivity contribution in [3.8, 4) is 0 Å². The number of primary amides is 1. The first-order chi connectivity index (χ1) is 7.49. The molecule has 0 saturated carbocycles. The molecule has 0 bridgehead atoms. The summed E-state index contributed by atoms with van der Waals surface area (Å²) in [7, 11) is 0. The van der Waals surface area contributed by atoms with Gasteiger partial charge in [-0.15, -0.1) is 5.10 Å². The van der Waals surface area contributed by atoms with Gasteiger partial charge < -0.3 is 11.1 Å². The predicted molar refractivity (Wildman–Crippen MR) is 58.6 cm³/mol. The summed E-state index contributed by atoms with van der Waals surface area (Å²) in [4.78, 5) is 26.0. The Morgan fingerprint density at radius 1 is 1.62 bits per heavy atom. The van der Waals surface area contributed by atoms with Gasteiger partial charge in [0.2, 0.25) is 17.0 Å². The van der Waals surface area contributed by atoms with E-state index in [1.54, 1.807) is 6.92 Å². The summed E-state index contributed by atoms with van der Waals surface area (Å²) in [6, 6.07) is -0.665. The zero-order valence-corrected chi connectivity index (χ0v) is 9.80. The number of rotatable bonds is 5. The van der Waals surface area contributed by atoms with Gasteiger partial charge in [-0.3, -0.25) is 14.7 Å². The Morgan fingerprint density at radius 3 is 2.81 bits per heavy atom. The smallest absolute Gasteiger partial charge is 0.239 e. The molecule has 16 heavy (non-hydrogen) atoms. The van der Waals surface area contributed by atoms with Crippen LogP contribution in [0.5, 0.6) is 0 Å². The molecule has 1 aromatic rings. The fourth-order valence-electron chi connectivity index (χ4n) is 0.871. The molecule has 0 unspecified atom stereocenters. The van der Waals surface area contributed by atoms with Crippen LogP contribution in [0.1, 0.15) is 12.7 Å². The lowest BCUT2D eigenvalue weighted by Gasteiger charge is -2.08. The van der Waals surface area contributed by atoms with E-state index in [9.17, 15) is 9.59 Å².